The molecule has 1 aliphatic heterocycles. The van der Waals surface area contributed by atoms with Crippen molar-refractivity contribution in [3.63, 3.8) is 0 Å². The van der Waals surface area contributed by atoms with Gasteiger partial charge in [0, 0.05) is 38.4 Å². The first kappa shape index (κ1) is 24.7. The van der Waals surface area contributed by atoms with E-state index in [1.807, 2.05) is 35.2 Å². The molecule has 11 heteroatoms. The maximum atomic E-state index is 13.2. The highest BCUT2D eigenvalue weighted by atomic mass is 32.2. The molecule has 2 aromatic carbocycles. The summed E-state index contributed by atoms with van der Waals surface area (Å²) in [6.45, 7) is 1.11. The van der Waals surface area contributed by atoms with Crippen molar-refractivity contribution >= 4 is 37.1 Å². The fourth-order valence-corrected chi connectivity index (χ4v) is 7.50. The van der Waals surface area contributed by atoms with Crippen LogP contribution in [0.5, 0.6) is 5.75 Å². The summed E-state index contributed by atoms with van der Waals surface area (Å²) < 4.78 is 54.9. The minimum absolute atomic E-state index is 0.116. The number of hydrogen-bond donors (Lipinski definition) is 1. The first-order chi connectivity index (χ1) is 16.1. The fraction of sp³-hybridized carbons (Fsp3) is 0.304. The van der Waals surface area contributed by atoms with Crippen LogP contribution in [0.2, 0.25) is 0 Å². The molecule has 4 rings (SSSR count). The zero-order valence-corrected chi connectivity index (χ0v) is 21.1. The van der Waals surface area contributed by atoms with Gasteiger partial charge in [0.1, 0.15) is 9.96 Å². The van der Waals surface area contributed by atoms with Gasteiger partial charge < -0.3 is 10.0 Å². The molecule has 2 heterocycles. The Balaban J connectivity index is 1.65. The van der Waals surface area contributed by atoms with Crippen LogP contribution in [0.4, 0.5) is 5.69 Å². The lowest BCUT2D eigenvalue weighted by molar-refractivity contribution is 0.287. The number of anilines is 1. The molecule has 0 spiro atoms. The van der Waals surface area contributed by atoms with Gasteiger partial charge in [0.2, 0.25) is 10.0 Å². The quantitative estimate of drug-likeness (QED) is 0.490. The van der Waals surface area contributed by atoms with E-state index in [0.29, 0.717) is 6.54 Å². The van der Waals surface area contributed by atoms with Crippen molar-refractivity contribution in [3.8, 4) is 5.75 Å². The fourth-order valence-electron chi connectivity index (χ4n) is 4.06. The highest BCUT2D eigenvalue weighted by Gasteiger charge is 2.37. The summed E-state index contributed by atoms with van der Waals surface area (Å²) in [4.78, 5) is 2.02. The molecule has 0 saturated carbocycles. The van der Waals surface area contributed by atoms with Gasteiger partial charge in [-0.25, -0.2) is 16.8 Å². The van der Waals surface area contributed by atoms with Crippen LogP contribution in [0.25, 0.3) is 0 Å². The number of phenols is 1. The number of phenolic OH excluding ortho intramolecular Hbond substituents is 1. The van der Waals surface area contributed by atoms with Crippen LogP contribution in [0.1, 0.15) is 5.56 Å². The van der Waals surface area contributed by atoms with Crippen molar-refractivity contribution in [1.82, 2.24) is 8.61 Å². The van der Waals surface area contributed by atoms with E-state index >= 15 is 0 Å². The lowest BCUT2D eigenvalue weighted by atomic mass is 10.1. The summed E-state index contributed by atoms with van der Waals surface area (Å²) in [5.74, 6) is 0.126. The van der Waals surface area contributed by atoms with Gasteiger partial charge in [0.05, 0.1) is 12.3 Å². The van der Waals surface area contributed by atoms with E-state index in [1.54, 1.807) is 41.8 Å². The average Bonchev–Trinajstić information content (AvgIpc) is 3.35. The summed E-state index contributed by atoms with van der Waals surface area (Å²) >= 11 is 1.17. The van der Waals surface area contributed by atoms with Crippen molar-refractivity contribution in [2.75, 3.05) is 37.3 Å². The molecule has 0 unspecified atom stereocenters. The number of rotatable bonds is 8. The van der Waals surface area contributed by atoms with Crippen LogP contribution in [-0.4, -0.2) is 69.0 Å². The Labute approximate surface area is 204 Å². The second-order valence-electron chi connectivity index (χ2n) is 8.20. The molecule has 1 aliphatic rings. The molecule has 34 heavy (non-hydrogen) atoms. The third-order valence-corrected chi connectivity index (χ3v) is 10.3. The van der Waals surface area contributed by atoms with E-state index in [-0.39, 0.29) is 36.1 Å². The standard InChI is InChI=1S/C23H27N3O5S3/c1-33(28,29)25(16-19-6-3-2-4-7-19)18-21-17-24(34(30,31)23-8-5-15-32-23)13-14-26(21)20-9-11-22(27)12-10-20/h2-12,15,21,27H,13-14,16-18H2,1H3/t21-/m1/s1. The van der Waals surface area contributed by atoms with E-state index in [2.05, 4.69) is 0 Å². The predicted octanol–water partition coefficient (Wildman–Crippen LogP) is 2.80. The molecule has 1 atom stereocenters. The van der Waals surface area contributed by atoms with E-state index in [9.17, 15) is 21.9 Å². The summed E-state index contributed by atoms with van der Waals surface area (Å²) in [5, 5.41) is 11.4. The Bertz CT molecular complexity index is 1300. The molecule has 0 bridgehead atoms. The molecule has 0 radical (unpaired) electrons. The van der Waals surface area contributed by atoms with Crippen molar-refractivity contribution < 1.29 is 21.9 Å². The molecule has 1 saturated heterocycles. The molecular formula is C23H27N3O5S3. The third kappa shape index (κ3) is 5.61. The van der Waals surface area contributed by atoms with Gasteiger partial charge in [-0.3, -0.25) is 0 Å². The zero-order valence-electron chi connectivity index (χ0n) is 18.7. The van der Waals surface area contributed by atoms with Gasteiger partial charge in [0.25, 0.3) is 10.0 Å². The number of aromatic hydroxyl groups is 1. The van der Waals surface area contributed by atoms with Crippen molar-refractivity contribution in [2.45, 2.75) is 16.8 Å². The molecular weight excluding hydrogens is 494 g/mol. The average molecular weight is 522 g/mol. The number of sulfonamides is 2. The molecule has 1 fully saturated rings. The van der Waals surface area contributed by atoms with Gasteiger partial charge in [0.15, 0.2) is 0 Å². The van der Waals surface area contributed by atoms with Crippen LogP contribution in [-0.2, 0) is 26.6 Å². The van der Waals surface area contributed by atoms with E-state index < -0.39 is 26.1 Å². The highest BCUT2D eigenvalue weighted by molar-refractivity contribution is 7.91. The van der Waals surface area contributed by atoms with Gasteiger partial charge in [-0.1, -0.05) is 36.4 Å². The SMILES string of the molecule is CS(=O)(=O)N(Cc1ccccc1)C[C@H]1CN(S(=O)(=O)c2cccs2)CCN1c1ccc(O)cc1. The van der Waals surface area contributed by atoms with Crippen molar-refractivity contribution in [2.24, 2.45) is 0 Å². The molecule has 1 N–H and O–H groups in total. The predicted molar refractivity (Wildman–Crippen MR) is 134 cm³/mol. The normalized spacial score (nSPS) is 17.8. The first-order valence-corrected chi connectivity index (χ1v) is 14.9. The van der Waals surface area contributed by atoms with Gasteiger partial charge in [-0.05, 0) is 41.3 Å². The van der Waals surface area contributed by atoms with Crippen LogP contribution in [0.3, 0.4) is 0 Å². The Kier molecular flexibility index (Phi) is 7.29. The number of benzene rings is 2. The lowest BCUT2D eigenvalue weighted by Gasteiger charge is -2.43. The number of thiophene rings is 1. The number of piperazine rings is 1. The Morgan fingerprint density at radius 1 is 0.971 bits per heavy atom. The number of nitrogens with zero attached hydrogens (tertiary/aromatic N) is 3. The molecule has 0 aliphatic carbocycles. The lowest BCUT2D eigenvalue weighted by Crippen LogP contribution is -2.58. The topological polar surface area (TPSA) is 98.2 Å². The van der Waals surface area contributed by atoms with Crippen molar-refractivity contribution in [1.29, 1.82) is 0 Å². The smallest absolute Gasteiger partial charge is 0.252 e. The van der Waals surface area contributed by atoms with Gasteiger partial charge in [-0.2, -0.15) is 8.61 Å². The van der Waals surface area contributed by atoms with Crippen LogP contribution in [0, 0.1) is 0 Å². The summed E-state index contributed by atoms with van der Waals surface area (Å²) in [7, 11) is -7.25. The van der Waals surface area contributed by atoms with E-state index in [4.69, 9.17) is 0 Å². The molecule has 182 valence electrons. The Hall–Kier alpha value is -2.44. The Morgan fingerprint density at radius 2 is 1.68 bits per heavy atom. The van der Waals surface area contributed by atoms with Gasteiger partial charge >= 0.3 is 0 Å². The monoisotopic (exact) mass is 521 g/mol. The highest BCUT2D eigenvalue weighted by Crippen LogP contribution is 2.28. The summed E-state index contributed by atoms with van der Waals surface area (Å²) in [5.41, 5.74) is 1.65. The van der Waals surface area contributed by atoms with E-state index in [0.717, 1.165) is 11.3 Å². The second-order valence-corrected chi connectivity index (χ2v) is 13.3. The van der Waals surface area contributed by atoms with Crippen LogP contribution in [0.15, 0.2) is 76.3 Å². The minimum Gasteiger partial charge on any atom is -0.508 e. The zero-order chi connectivity index (χ0) is 24.3. The summed E-state index contributed by atoms with van der Waals surface area (Å²) in [6.07, 6.45) is 1.17. The third-order valence-electron chi connectivity index (χ3n) is 5.80. The van der Waals surface area contributed by atoms with Crippen LogP contribution >= 0.6 is 11.3 Å². The minimum atomic E-state index is -3.68. The number of hydrogen-bond acceptors (Lipinski definition) is 7. The molecule has 0 amide bonds. The van der Waals surface area contributed by atoms with Gasteiger partial charge in [-0.15, -0.1) is 11.3 Å². The van der Waals surface area contributed by atoms with E-state index in [1.165, 1.54) is 26.2 Å². The molecule has 3 aromatic rings. The second kappa shape index (κ2) is 10.0. The maximum absolute atomic E-state index is 13.2. The maximum Gasteiger partial charge on any atom is 0.252 e. The largest absolute Gasteiger partial charge is 0.508 e. The Morgan fingerprint density at radius 3 is 2.29 bits per heavy atom. The first-order valence-electron chi connectivity index (χ1n) is 10.7. The van der Waals surface area contributed by atoms with Crippen molar-refractivity contribution in [3.05, 3.63) is 77.7 Å². The molecule has 1 aromatic heterocycles. The summed E-state index contributed by atoms with van der Waals surface area (Å²) in [6, 6.07) is 18.8. The van der Waals surface area contributed by atoms with Crippen LogP contribution < -0.4 is 4.90 Å². The molecule has 8 nitrogen and oxygen atoms in total.